The monoisotopic (exact) mass is 381 g/mol. The van der Waals surface area contributed by atoms with E-state index in [0.717, 1.165) is 36.4 Å². The Morgan fingerprint density at radius 2 is 1.73 bits per heavy atom. The standard InChI is InChI=1S/C19H27NO5S/c1-3-5-6-7-8-9-13-16(19(22)25-4-2)20-18(21)15-12-10-11-14-17(15)26(20,23)24/h10-12,14,16H,3-9,13H2,1-2H3/t16-/m1/s1. The van der Waals surface area contributed by atoms with Crippen LogP contribution in [0.2, 0.25) is 0 Å². The zero-order chi connectivity index (χ0) is 19.2. The van der Waals surface area contributed by atoms with Crippen molar-refractivity contribution in [2.75, 3.05) is 6.61 Å². The molecule has 0 unspecified atom stereocenters. The second-order valence-electron chi connectivity index (χ2n) is 6.43. The van der Waals surface area contributed by atoms with Crippen LogP contribution in [0.4, 0.5) is 0 Å². The molecule has 0 radical (unpaired) electrons. The van der Waals surface area contributed by atoms with Gasteiger partial charge in [-0.3, -0.25) is 4.79 Å². The van der Waals surface area contributed by atoms with E-state index in [-0.39, 0.29) is 23.5 Å². The number of ether oxygens (including phenoxy) is 1. The van der Waals surface area contributed by atoms with Crippen LogP contribution in [0.1, 0.15) is 69.2 Å². The number of hydrogen-bond donors (Lipinski definition) is 0. The first-order valence-corrected chi connectivity index (χ1v) is 10.7. The van der Waals surface area contributed by atoms with E-state index in [1.807, 2.05) is 0 Å². The van der Waals surface area contributed by atoms with Crippen molar-refractivity contribution >= 4 is 21.9 Å². The summed E-state index contributed by atoms with van der Waals surface area (Å²) in [5.74, 6) is -1.31. The number of hydrogen-bond acceptors (Lipinski definition) is 5. The number of benzene rings is 1. The van der Waals surface area contributed by atoms with E-state index in [2.05, 4.69) is 6.92 Å². The Kier molecular flexibility index (Phi) is 7.20. The smallest absolute Gasteiger partial charge is 0.330 e. The summed E-state index contributed by atoms with van der Waals surface area (Å²) >= 11 is 0. The predicted octanol–water partition coefficient (Wildman–Crippen LogP) is 3.51. The number of rotatable bonds is 10. The topological polar surface area (TPSA) is 80.8 Å². The van der Waals surface area contributed by atoms with Crippen LogP contribution in [0, 0.1) is 0 Å². The van der Waals surface area contributed by atoms with Gasteiger partial charge in [-0.05, 0) is 25.5 Å². The van der Waals surface area contributed by atoms with Crippen molar-refractivity contribution in [2.24, 2.45) is 0 Å². The molecular weight excluding hydrogens is 354 g/mol. The molecule has 1 amide bonds. The van der Waals surface area contributed by atoms with Crippen LogP contribution < -0.4 is 0 Å². The summed E-state index contributed by atoms with van der Waals surface area (Å²) in [6, 6.07) is 4.95. The number of carbonyl (C=O) groups is 2. The third-order valence-corrected chi connectivity index (χ3v) is 6.38. The van der Waals surface area contributed by atoms with E-state index in [9.17, 15) is 18.0 Å². The first-order valence-electron chi connectivity index (χ1n) is 9.29. The maximum Gasteiger partial charge on any atom is 0.330 e. The Morgan fingerprint density at radius 3 is 2.38 bits per heavy atom. The van der Waals surface area contributed by atoms with Gasteiger partial charge in [0.05, 0.1) is 12.2 Å². The highest BCUT2D eigenvalue weighted by Gasteiger charge is 2.47. The molecular formula is C19H27NO5S. The fraction of sp³-hybridized carbons (Fsp3) is 0.579. The lowest BCUT2D eigenvalue weighted by Crippen LogP contribution is -2.45. The number of esters is 1. The molecule has 0 bridgehead atoms. The van der Waals surface area contributed by atoms with Gasteiger partial charge >= 0.3 is 5.97 Å². The van der Waals surface area contributed by atoms with Crippen molar-refractivity contribution in [3.63, 3.8) is 0 Å². The molecule has 0 spiro atoms. The summed E-state index contributed by atoms with van der Waals surface area (Å²) in [5, 5.41) is 0. The van der Waals surface area contributed by atoms with Crippen molar-refractivity contribution < 1.29 is 22.7 Å². The van der Waals surface area contributed by atoms with Crippen LogP contribution in [-0.4, -0.2) is 37.2 Å². The molecule has 144 valence electrons. The highest BCUT2D eigenvalue weighted by atomic mass is 32.2. The van der Waals surface area contributed by atoms with Crippen LogP contribution >= 0.6 is 0 Å². The van der Waals surface area contributed by atoms with Gasteiger partial charge in [0.15, 0.2) is 0 Å². The molecule has 0 aromatic heterocycles. The van der Waals surface area contributed by atoms with Crippen LogP contribution in [0.15, 0.2) is 29.2 Å². The Bertz CT molecular complexity index is 744. The molecule has 1 aromatic rings. The van der Waals surface area contributed by atoms with Gasteiger partial charge in [0.1, 0.15) is 10.9 Å². The van der Waals surface area contributed by atoms with E-state index in [4.69, 9.17) is 4.74 Å². The number of amides is 1. The van der Waals surface area contributed by atoms with Gasteiger partial charge in [-0.25, -0.2) is 17.5 Å². The number of carbonyl (C=O) groups excluding carboxylic acids is 2. The SMILES string of the molecule is CCCCCCCC[C@H](C(=O)OCC)N1C(=O)c2ccccc2S1(=O)=O. The molecule has 7 heteroatoms. The second-order valence-corrected chi connectivity index (χ2v) is 8.21. The van der Waals surface area contributed by atoms with Crippen molar-refractivity contribution in [2.45, 2.75) is 69.7 Å². The molecule has 1 aliphatic heterocycles. The third kappa shape index (κ3) is 4.26. The largest absolute Gasteiger partial charge is 0.464 e. The second kappa shape index (κ2) is 9.16. The summed E-state index contributed by atoms with van der Waals surface area (Å²) in [6.07, 6.45) is 6.30. The molecule has 26 heavy (non-hydrogen) atoms. The lowest BCUT2D eigenvalue weighted by Gasteiger charge is -2.25. The summed E-state index contributed by atoms with van der Waals surface area (Å²) in [5.41, 5.74) is 0.116. The van der Waals surface area contributed by atoms with Gasteiger partial charge in [0.2, 0.25) is 0 Å². The normalized spacial score (nSPS) is 16.4. The van der Waals surface area contributed by atoms with E-state index in [0.29, 0.717) is 6.42 Å². The minimum absolute atomic E-state index is 0.0396. The van der Waals surface area contributed by atoms with Gasteiger partial charge in [-0.1, -0.05) is 57.6 Å². The van der Waals surface area contributed by atoms with Crippen molar-refractivity contribution in [3.05, 3.63) is 29.8 Å². The highest BCUT2D eigenvalue weighted by molar-refractivity contribution is 7.90. The quantitative estimate of drug-likeness (QED) is 0.458. The zero-order valence-electron chi connectivity index (χ0n) is 15.4. The average Bonchev–Trinajstić information content (AvgIpc) is 2.82. The van der Waals surface area contributed by atoms with Gasteiger partial charge in [0, 0.05) is 0 Å². The molecule has 1 atom stereocenters. The van der Waals surface area contributed by atoms with E-state index >= 15 is 0 Å². The summed E-state index contributed by atoms with van der Waals surface area (Å²) in [4.78, 5) is 25.0. The van der Waals surface area contributed by atoms with E-state index < -0.39 is 27.9 Å². The van der Waals surface area contributed by atoms with Crippen LogP contribution in [-0.2, 0) is 19.6 Å². The minimum Gasteiger partial charge on any atom is -0.464 e. The van der Waals surface area contributed by atoms with Gasteiger partial charge < -0.3 is 4.74 Å². The Morgan fingerprint density at radius 1 is 1.08 bits per heavy atom. The summed E-state index contributed by atoms with van der Waals surface area (Å²) in [7, 11) is -4.03. The molecule has 0 fully saturated rings. The molecule has 1 aromatic carbocycles. The van der Waals surface area contributed by atoms with Gasteiger partial charge in [0.25, 0.3) is 15.9 Å². The molecule has 0 N–H and O–H groups in total. The highest BCUT2D eigenvalue weighted by Crippen LogP contribution is 2.33. The van der Waals surface area contributed by atoms with Gasteiger partial charge in [-0.15, -0.1) is 0 Å². The molecule has 0 saturated carbocycles. The summed E-state index contributed by atoms with van der Waals surface area (Å²) < 4.78 is 31.4. The molecule has 2 rings (SSSR count). The van der Waals surface area contributed by atoms with Crippen molar-refractivity contribution in [3.8, 4) is 0 Å². The maximum absolute atomic E-state index is 12.8. The van der Waals surface area contributed by atoms with E-state index in [1.54, 1.807) is 19.1 Å². The zero-order valence-corrected chi connectivity index (χ0v) is 16.3. The Balaban J connectivity index is 2.18. The first kappa shape index (κ1) is 20.4. The Hall–Kier alpha value is -1.89. The Labute approximate surface area is 155 Å². The minimum atomic E-state index is -4.03. The van der Waals surface area contributed by atoms with Crippen LogP contribution in [0.3, 0.4) is 0 Å². The number of nitrogens with zero attached hydrogens (tertiary/aromatic N) is 1. The first-order chi connectivity index (χ1) is 12.4. The van der Waals surface area contributed by atoms with Crippen LogP contribution in [0.25, 0.3) is 0 Å². The summed E-state index contributed by atoms with van der Waals surface area (Å²) in [6.45, 7) is 3.94. The lowest BCUT2D eigenvalue weighted by molar-refractivity contribution is -0.147. The average molecular weight is 381 g/mol. The molecule has 6 nitrogen and oxygen atoms in total. The predicted molar refractivity (Wildman–Crippen MR) is 98.2 cm³/mol. The van der Waals surface area contributed by atoms with Gasteiger partial charge in [-0.2, -0.15) is 0 Å². The maximum atomic E-state index is 12.8. The molecule has 0 saturated heterocycles. The molecule has 0 aliphatic carbocycles. The van der Waals surface area contributed by atoms with Crippen LogP contribution in [0.5, 0.6) is 0 Å². The third-order valence-electron chi connectivity index (χ3n) is 4.53. The van der Waals surface area contributed by atoms with E-state index in [1.165, 1.54) is 12.1 Å². The molecule has 1 aliphatic rings. The number of sulfonamides is 1. The fourth-order valence-electron chi connectivity index (χ4n) is 3.20. The number of unbranched alkanes of at least 4 members (excludes halogenated alkanes) is 5. The van der Waals surface area contributed by atoms with Crippen molar-refractivity contribution in [1.82, 2.24) is 4.31 Å². The fourth-order valence-corrected chi connectivity index (χ4v) is 4.94. The number of fused-ring (bicyclic) bond motifs is 1. The lowest BCUT2D eigenvalue weighted by atomic mass is 10.1. The van der Waals surface area contributed by atoms with Crippen molar-refractivity contribution in [1.29, 1.82) is 0 Å². The molecule has 1 heterocycles.